The number of fused-ring (bicyclic) bond motifs is 1. The van der Waals surface area contributed by atoms with Crippen LogP contribution >= 0.6 is 8.25 Å². The Morgan fingerprint density at radius 3 is 2.86 bits per heavy atom. The number of hydrogen-bond donors (Lipinski definition) is 4. The molecule has 1 aliphatic rings. The molecule has 0 aromatic carbocycles. The van der Waals surface area contributed by atoms with E-state index in [9.17, 15) is 14.8 Å². The smallest absolute Gasteiger partial charge is 0.316 e. The van der Waals surface area contributed by atoms with Crippen LogP contribution in [0, 0.1) is 0 Å². The van der Waals surface area contributed by atoms with Crippen LogP contribution in [-0.4, -0.2) is 59.5 Å². The van der Waals surface area contributed by atoms with Crippen LogP contribution in [0.3, 0.4) is 0 Å². The first kappa shape index (κ1) is 15.3. The normalized spacial score (nSPS) is 30.0. The van der Waals surface area contributed by atoms with Crippen molar-refractivity contribution >= 4 is 25.2 Å². The summed E-state index contributed by atoms with van der Waals surface area (Å²) in [5.41, 5.74) is 6.35. The molecule has 1 aliphatic heterocycles. The third-order valence-corrected chi connectivity index (χ3v) is 3.78. The Kier molecular flexibility index (Phi) is 4.08. The molecule has 120 valence electrons. The van der Waals surface area contributed by atoms with Crippen LogP contribution in [0.15, 0.2) is 12.7 Å². The Balaban J connectivity index is 1.87. The zero-order valence-electron chi connectivity index (χ0n) is 11.1. The predicted octanol–water partition coefficient (Wildman–Crippen LogP) is -1.57. The number of anilines is 1. The van der Waals surface area contributed by atoms with E-state index in [1.807, 2.05) is 0 Å². The summed E-state index contributed by atoms with van der Waals surface area (Å²) in [5, 5.41) is 20.1. The lowest BCUT2D eigenvalue weighted by molar-refractivity contribution is -0.0476. The van der Waals surface area contributed by atoms with Crippen LogP contribution in [0.25, 0.3) is 11.2 Å². The summed E-state index contributed by atoms with van der Waals surface area (Å²) in [6.07, 6.45) is -1.92. The lowest BCUT2D eigenvalue weighted by atomic mass is 10.1. The van der Waals surface area contributed by atoms with Gasteiger partial charge in [-0.1, -0.05) is 0 Å². The van der Waals surface area contributed by atoms with E-state index in [0.717, 1.165) is 0 Å². The van der Waals surface area contributed by atoms with Crippen LogP contribution < -0.4 is 5.73 Å². The third kappa shape index (κ3) is 2.58. The highest BCUT2D eigenvalue weighted by molar-refractivity contribution is 7.32. The van der Waals surface area contributed by atoms with Crippen LogP contribution in [0.4, 0.5) is 5.82 Å². The SMILES string of the molecule is Nc1ncnc2c1ncn2[C@@H]1O[C@H](CO[PH](=O)O)[C@@H](O)[C@H]1O. The van der Waals surface area contributed by atoms with Gasteiger partial charge in [0.1, 0.15) is 30.2 Å². The monoisotopic (exact) mass is 331 g/mol. The molecule has 2 aromatic rings. The average molecular weight is 331 g/mol. The third-order valence-electron chi connectivity index (χ3n) is 3.37. The number of aliphatic hydroxyl groups excluding tert-OH is 2. The quantitative estimate of drug-likeness (QED) is 0.480. The van der Waals surface area contributed by atoms with Crippen molar-refractivity contribution in [3.05, 3.63) is 12.7 Å². The Hall–Kier alpha value is -1.62. The molecule has 0 aliphatic carbocycles. The van der Waals surface area contributed by atoms with Crippen molar-refractivity contribution in [1.29, 1.82) is 0 Å². The molecule has 22 heavy (non-hydrogen) atoms. The molecule has 1 fully saturated rings. The maximum absolute atomic E-state index is 10.6. The van der Waals surface area contributed by atoms with Gasteiger partial charge in [0.05, 0.1) is 12.9 Å². The van der Waals surface area contributed by atoms with Crippen molar-refractivity contribution in [3.63, 3.8) is 0 Å². The fourth-order valence-corrected chi connectivity index (χ4v) is 2.61. The number of imidazole rings is 1. The van der Waals surface area contributed by atoms with E-state index in [1.165, 1.54) is 17.2 Å². The van der Waals surface area contributed by atoms with Crippen molar-refractivity contribution < 1.29 is 28.9 Å². The molecular formula is C10H14N5O6P. The first-order valence-electron chi connectivity index (χ1n) is 6.29. The van der Waals surface area contributed by atoms with Gasteiger partial charge in [-0.15, -0.1) is 0 Å². The molecule has 5 N–H and O–H groups in total. The van der Waals surface area contributed by atoms with Gasteiger partial charge in [0, 0.05) is 0 Å². The number of hydrogen-bond acceptors (Lipinski definition) is 9. The molecule has 0 spiro atoms. The minimum atomic E-state index is -3.15. The van der Waals surface area contributed by atoms with Crippen molar-refractivity contribution in [2.24, 2.45) is 0 Å². The zero-order valence-corrected chi connectivity index (χ0v) is 12.1. The maximum atomic E-state index is 10.6. The van der Waals surface area contributed by atoms with Crippen LogP contribution in [0.1, 0.15) is 6.23 Å². The Labute approximate surface area is 124 Å². The van der Waals surface area contributed by atoms with E-state index < -0.39 is 32.8 Å². The fraction of sp³-hybridized carbons (Fsp3) is 0.500. The van der Waals surface area contributed by atoms with Crippen molar-refractivity contribution in [2.75, 3.05) is 12.3 Å². The Morgan fingerprint density at radius 2 is 2.14 bits per heavy atom. The van der Waals surface area contributed by atoms with Gasteiger partial charge in [-0.3, -0.25) is 9.13 Å². The van der Waals surface area contributed by atoms with Gasteiger partial charge in [-0.05, 0) is 0 Å². The zero-order chi connectivity index (χ0) is 15.9. The topological polar surface area (TPSA) is 166 Å². The molecule has 5 atom stereocenters. The molecular weight excluding hydrogens is 317 g/mol. The van der Waals surface area contributed by atoms with Gasteiger partial charge < -0.3 is 30.1 Å². The molecule has 1 saturated heterocycles. The molecule has 0 amide bonds. The van der Waals surface area contributed by atoms with Crippen LogP contribution in [0.2, 0.25) is 0 Å². The Morgan fingerprint density at radius 1 is 1.36 bits per heavy atom. The standard InChI is InChI=1S/C10H14N5O6P/c11-8-5-9(13-2-12-8)15(3-14-5)10-7(17)6(16)4(21-10)1-20-22(18)19/h2-4,6-7,10,16-17,22H,1H2,(H,18,19)(H2,11,12,13)/t4-,6-,7-,10-/m1/s1. The lowest BCUT2D eigenvalue weighted by Gasteiger charge is -2.16. The van der Waals surface area contributed by atoms with E-state index >= 15 is 0 Å². The second kappa shape index (κ2) is 5.88. The summed E-state index contributed by atoms with van der Waals surface area (Å²) in [6.45, 7) is -0.327. The van der Waals surface area contributed by atoms with Gasteiger partial charge in [-0.2, -0.15) is 0 Å². The number of nitrogen functional groups attached to an aromatic ring is 1. The highest BCUT2D eigenvalue weighted by Crippen LogP contribution is 2.33. The van der Waals surface area contributed by atoms with Gasteiger partial charge >= 0.3 is 8.25 Å². The highest BCUT2D eigenvalue weighted by Gasteiger charge is 2.44. The van der Waals surface area contributed by atoms with Gasteiger partial charge in [0.15, 0.2) is 17.7 Å². The van der Waals surface area contributed by atoms with Gasteiger partial charge in [0.2, 0.25) is 0 Å². The minimum Gasteiger partial charge on any atom is -0.387 e. The predicted molar refractivity (Wildman–Crippen MR) is 72.8 cm³/mol. The summed E-state index contributed by atoms with van der Waals surface area (Å²) in [4.78, 5) is 20.5. The van der Waals surface area contributed by atoms with E-state index in [0.29, 0.717) is 11.2 Å². The summed E-state index contributed by atoms with van der Waals surface area (Å²) >= 11 is 0. The highest BCUT2D eigenvalue weighted by atomic mass is 31.1. The fourth-order valence-electron chi connectivity index (χ4n) is 2.31. The molecule has 12 heteroatoms. The molecule has 0 radical (unpaired) electrons. The van der Waals surface area contributed by atoms with Gasteiger partial charge in [0.25, 0.3) is 0 Å². The van der Waals surface area contributed by atoms with Crippen molar-refractivity contribution in [2.45, 2.75) is 24.5 Å². The van der Waals surface area contributed by atoms with E-state index in [-0.39, 0.29) is 12.4 Å². The van der Waals surface area contributed by atoms with E-state index in [4.69, 9.17) is 15.4 Å². The second-order valence-corrected chi connectivity index (χ2v) is 5.53. The molecule has 3 rings (SSSR count). The van der Waals surface area contributed by atoms with Crippen molar-refractivity contribution in [3.8, 4) is 0 Å². The Bertz CT molecular complexity index is 710. The molecule has 0 saturated carbocycles. The number of nitrogens with two attached hydrogens (primary N) is 1. The summed E-state index contributed by atoms with van der Waals surface area (Å²) < 4.78 is 22.0. The average Bonchev–Trinajstić information content (AvgIpc) is 3.01. The van der Waals surface area contributed by atoms with Crippen LogP contribution in [-0.2, 0) is 13.8 Å². The maximum Gasteiger partial charge on any atom is 0.316 e. The largest absolute Gasteiger partial charge is 0.387 e. The van der Waals surface area contributed by atoms with E-state index in [2.05, 4.69) is 19.5 Å². The lowest BCUT2D eigenvalue weighted by Crippen LogP contribution is -2.33. The number of aliphatic hydroxyl groups is 2. The first-order valence-corrected chi connectivity index (χ1v) is 7.55. The summed E-state index contributed by atoms with van der Waals surface area (Å²) in [6, 6.07) is 0. The van der Waals surface area contributed by atoms with Crippen LogP contribution in [0.5, 0.6) is 0 Å². The molecule has 11 nitrogen and oxygen atoms in total. The van der Waals surface area contributed by atoms with Gasteiger partial charge in [-0.25, -0.2) is 15.0 Å². The molecule has 0 bridgehead atoms. The molecule has 3 heterocycles. The first-order chi connectivity index (χ1) is 10.5. The summed E-state index contributed by atoms with van der Waals surface area (Å²) in [7, 11) is -3.15. The second-order valence-electron chi connectivity index (χ2n) is 4.71. The number of nitrogens with zero attached hydrogens (tertiary/aromatic N) is 4. The minimum absolute atomic E-state index is 0.176. The van der Waals surface area contributed by atoms with E-state index in [1.54, 1.807) is 0 Å². The number of aromatic nitrogens is 4. The number of ether oxygens (including phenoxy) is 1. The number of rotatable bonds is 4. The summed E-state index contributed by atoms with van der Waals surface area (Å²) in [5.74, 6) is 0.176. The van der Waals surface area contributed by atoms with Crippen molar-refractivity contribution in [1.82, 2.24) is 19.5 Å². The molecule has 2 aromatic heterocycles. The molecule has 1 unspecified atom stereocenters.